The topological polar surface area (TPSA) is 126 Å². The second-order valence-corrected chi connectivity index (χ2v) is 10.2. The molecule has 1 atom stereocenters. The highest BCUT2D eigenvalue weighted by molar-refractivity contribution is 7.07. The third-order valence-corrected chi connectivity index (χ3v) is 7.45. The number of halogens is 2. The molecule has 0 saturated heterocycles. The second-order valence-electron chi connectivity index (χ2n) is 8.41. The van der Waals surface area contributed by atoms with Gasteiger partial charge in [-0.05, 0) is 55.8 Å². The Morgan fingerprint density at radius 2 is 1.85 bits per heavy atom. The lowest BCUT2D eigenvalue weighted by atomic mass is 9.94. The number of carboxylic acids is 1. The Balaban J connectivity index is 1.93. The van der Waals surface area contributed by atoms with Crippen molar-refractivity contribution < 1.29 is 33.6 Å². The average molecular weight is 607 g/mol. The quantitative estimate of drug-likeness (QED) is 0.366. The molecule has 0 radical (unpaired) electrons. The number of hydrogen-bond donors (Lipinski definition) is 1. The molecule has 2 heterocycles. The van der Waals surface area contributed by atoms with E-state index in [4.69, 9.17) is 47.3 Å². The molecule has 1 aliphatic rings. The van der Waals surface area contributed by atoms with E-state index in [0.29, 0.717) is 33.1 Å². The molecule has 0 aliphatic carbocycles. The molecule has 1 aromatic heterocycles. The van der Waals surface area contributed by atoms with Gasteiger partial charge in [-0.25, -0.2) is 14.6 Å². The van der Waals surface area contributed by atoms with Gasteiger partial charge in [0.25, 0.3) is 5.56 Å². The highest BCUT2D eigenvalue weighted by atomic mass is 35.5. The number of allylic oxidation sites excluding steroid dienone is 1. The zero-order chi connectivity index (χ0) is 29.1. The maximum absolute atomic E-state index is 13.9. The zero-order valence-corrected chi connectivity index (χ0v) is 24.1. The summed E-state index contributed by atoms with van der Waals surface area (Å²) < 4.78 is 23.2. The predicted molar refractivity (Wildman–Crippen MR) is 150 cm³/mol. The highest BCUT2D eigenvalue weighted by Gasteiger charge is 2.35. The number of rotatable bonds is 9. The van der Waals surface area contributed by atoms with Crippen LogP contribution in [0.15, 0.2) is 51.4 Å². The number of aliphatic carboxylic acids is 1. The number of ether oxygens (including phenoxy) is 4. The third kappa shape index (κ3) is 5.72. The first-order chi connectivity index (χ1) is 19.1. The smallest absolute Gasteiger partial charge is 0.341 e. The first-order valence-electron chi connectivity index (χ1n) is 11.8. The van der Waals surface area contributed by atoms with E-state index in [9.17, 15) is 14.4 Å². The summed E-state index contributed by atoms with van der Waals surface area (Å²) in [5, 5.41) is 9.03. The van der Waals surface area contributed by atoms with E-state index in [-0.39, 0.29) is 32.5 Å². The van der Waals surface area contributed by atoms with Crippen LogP contribution in [0.1, 0.15) is 31.0 Å². The van der Waals surface area contributed by atoms with Crippen molar-refractivity contribution in [1.29, 1.82) is 0 Å². The average Bonchev–Trinajstić information content (AvgIpc) is 3.20. The van der Waals surface area contributed by atoms with Gasteiger partial charge < -0.3 is 24.1 Å². The molecular weight excluding hydrogens is 583 g/mol. The number of hydrogen-bond acceptors (Lipinski definition) is 9. The van der Waals surface area contributed by atoms with Crippen LogP contribution in [0.4, 0.5) is 0 Å². The van der Waals surface area contributed by atoms with Crippen molar-refractivity contribution in [2.45, 2.75) is 19.9 Å². The predicted octanol–water partition coefficient (Wildman–Crippen LogP) is 3.59. The van der Waals surface area contributed by atoms with Crippen LogP contribution < -0.4 is 29.1 Å². The van der Waals surface area contributed by atoms with Gasteiger partial charge >= 0.3 is 11.9 Å². The Morgan fingerprint density at radius 3 is 2.45 bits per heavy atom. The molecule has 0 amide bonds. The highest BCUT2D eigenvalue weighted by Crippen LogP contribution is 2.38. The fraction of sp³-hybridized carbons (Fsp3) is 0.259. The molecule has 0 saturated carbocycles. The van der Waals surface area contributed by atoms with E-state index in [1.54, 1.807) is 38.1 Å². The Kier molecular flexibility index (Phi) is 8.87. The lowest BCUT2D eigenvalue weighted by molar-refractivity contribution is -0.140. The first kappa shape index (κ1) is 29.2. The van der Waals surface area contributed by atoms with Crippen LogP contribution in [0.3, 0.4) is 0 Å². The maximum atomic E-state index is 13.9. The summed E-state index contributed by atoms with van der Waals surface area (Å²) in [6.07, 6.45) is 1.58. The van der Waals surface area contributed by atoms with E-state index >= 15 is 0 Å². The van der Waals surface area contributed by atoms with Crippen molar-refractivity contribution in [3.05, 3.63) is 82.5 Å². The molecule has 210 valence electrons. The van der Waals surface area contributed by atoms with Crippen LogP contribution in [0, 0.1) is 0 Å². The number of carboxylic acid groups (broad SMARTS) is 1. The minimum atomic E-state index is -1.18. The summed E-state index contributed by atoms with van der Waals surface area (Å²) >= 11 is 13.7. The number of thiazole rings is 1. The Bertz CT molecular complexity index is 1690. The standard InChI is InChI=1S/C27H24Cl2N2O8S/c1-5-38-26(35)22-13(2)30-27-31(23(22)16-11-15(36-3)6-7-19(16)37-4)25(34)20(40-27)10-14-8-17(28)24(18(29)9-14)39-12-21(32)33/h6-11,23H,5,12H2,1-4H3,(H,32,33). The maximum Gasteiger partial charge on any atom is 0.341 e. The largest absolute Gasteiger partial charge is 0.497 e. The van der Waals surface area contributed by atoms with Gasteiger partial charge in [-0.1, -0.05) is 34.5 Å². The SMILES string of the molecule is CCOC(=O)C1=C(C)N=c2sc(=Cc3cc(Cl)c(OCC(=O)O)c(Cl)c3)c(=O)n2C1c1cc(OC)ccc1OC. The van der Waals surface area contributed by atoms with E-state index in [2.05, 4.69) is 4.99 Å². The van der Waals surface area contributed by atoms with E-state index in [0.717, 1.165) is 11.3 Å². The summed E-state index contributed by atoms with van der Waals surface area (Å²) in [4.78, 5) is 42.8. The van der Waals surface area contributed by atoms with Gasteiger partial charge in [-0.2, -0.15) is 0 Å². The molecule has 3 aromatic rings. The third-order valence-electron chi connectivity index (χ3n) is 5.91. The monoisotopic (exact) mass is 606 g/mol. The Hall–Kier alpha value is -3.80. The van der Waals surface area contributed by atoms with E-state index in [1.165, 1.54) is 30.9 Å². The van der Waals surface area contributed by atoms with Crippen LogP contribution in [0.25, 0.3) is 6.08 Å². The molecule has 1 unspecified atom stereocenters. The van der Waals surface area contributed by atoms with Crippen LogP contribution in [0.5, 0.6) is 17.2 Å². The Morgan fingerprint density at radius 1 is 1.15 bits per heavy atom. The Labute approximate surface area is 242 Å². The molecular formula is C27H24Cl2N2O8S. The molecule has 13 heteroatoms. The van der Waals surface area contributed by atoms with Gasteiger partial charge in [0.05, 0.1) is 46.7 Å². The summed E-state index contributed by atoms with van der Waals surface area (Å²) in [7, 11) is 3.01. The number of carbonyl (C=O) groups is 2. The second kappa shape index (κ2) is 12.2. The summed E-state index contributed by atoms with van der Waals surface area (Å²) in [5.41, 5.74) is 1.15. The van der Waals surface area contributed by atoms with Crippen LogP contribution in [0.2, 0.25) is 10.0 Å². The molecule has 1 aliphatic heterocycles. The lowest BCUT2D eigenvalue weighted by Crippen LogP contribution is -2.40. The fourth-order valence-electron chi connectivity index (χ4n) is 4.22. The summed E-state index contributed by atoms with van der Waals surface area (Å²) in [6, 6.07) is 7.20. The first-order valence-corrected chi connectivity index (χ1v) is 13.4. The van der Waals surface area contributed by atoms with Crippen LogP contribution in [-0.2, 0) is 14.3 Å². The minimum Gasteiger partial charge on any atom is -0.497 e. The van der Waals surface area contributed by atoms with Gasteiger partial charge in [0, 0.05) is 5.56 Å². The van der Waals surface area contributed by atoms with E-state index < -0.39 is 30.1 Å². The van der Waals surface area contributed by atoms with Gasteiger partial charge in [-0.3, -0.25) is 9.36 Å². The zero-order valence-electron chi connectivity index (χ0n) is 21.8. The molecule has 40 heavy (non-hydrogen) atoms. The van der Waals surface area contributed by atoms with Crippen molar-refractivity contribution in [2.24, 2.45) is 4.99 Å². The normalized spacial score (nSPS) is 14.8. The van der Waals surface area contributed by atoms with Crippen LogP contribution >= 0.6 is 34.5 Å². The number of aromatic nitrogens is 1. The molecule has 10 nitrogen and oxygen atoms in total. The molecule has 0 spiro atoms. The van der Waals surface area contributed by atoms with Crippen molar-refractivity contribution in [3.63, 3.8) is 0 Å². The van der Waals surface area contributed by atoms with Crippen LogP contribution in [-0.4, -0.2) is 49.0 Å². The molecule has 4 rings (SSSR count). The number of fused-ring (bicyclic) bond motifs is 1. The minimum absolute atomic E-state index is 0.0177. The number of esters is 1. The summed E-state index contributed by atoms with van der Waals surface area (Å²) in [5.74, 6) is -0.831. The lowest BCUT2D eigenvalue weighted by Gasteiger charge is -2.26. The fourth-order valence-corrected chi connectivity index (χ4v) is 5.88. The molecule has 1 N–H and O–H groups in total. The number of carbonyl (C=O) groups excluding carboxylic acids is 1. The summed E-state index contributed by atoms with van der Waals surface area (Å²) in [6.45, 7) is 2.89. The number of benzene rings is 2. The number of nitrogens with zero attached hydrogens (tertiary/aromatic N) is 2. The van der Waals surface area contributed by atoms with Crippen molar-refractivity contribution in [2.75, 3.05) is 27.4 Å². The number of methoxy groups -OCH3 is 2. The van der Waals surface area contributed by atoms with Crippen molar-refractivity contribution >= 4 is 52.6 Å². The molecule has 0 fully saturated rings. The van der Waals surface area contributed by atoms with Gasteiger partial charge in [0.1, 0.15) is 17.5 Å². The van der Waals surface area contributed by atoms with Gasteiger partial charge in [0.2, 0.25) is 0 Å². The van der Waals surface area contributed by atoms with E-state index in [1.807, 2.05) is 0 Å². The van der Waals surface area contributed by atoms with Gasteiger partial charge in [-0.15, -0.1) is 0 Å². The van der Waals surface area contributed by atoms with Gasteiger partial charge in [0.15, 0.2) is 17.2 Å². The van der Waals surface area contributed by atoms with Crippen molar-refractivity contribution in [3.8, 4) is 17.2 Å². The molecule has 0 bridgehead atoms. The van der Waals surface area contributed by atoms with Crippen molar-refractivity contribution in [1.82, 2.24) is 4.57 Å². The molecule has 2 aromatic carbocycles.